The minimum Gasteiger partial charge on any atom is -0.383 e. The van der Waals surface area contributed by atoms with Crippen molar-refractivity contribution in [3.63, 3.8) is 0 Å². The lowest BCUT2D eigenvalue weighted by Gasteiger charge is -2.26. The van der Waals surface area contributed by atoms with Crippen LogP contribution in [-0.4, -0.2) is 9.13 Å². The topological polar surface area (TPSA) is 39.1 Å². The van der Waals surface area contributed by atoms with Gasteiger partial charge in [-0.1, -0.05) is 135 Å². The third-order valence-corrected chi connectivity index (χ3v) is 11.1. The number of para-hydroxylation sites is 3. The van der Waals surface area contributed by atoms with Gasteiger partial charge in [0.15, 0.2) is 0 Å². The molecule has 0 fully saturated rings. The van der Waals surface area contributed by atoms with Crippen LogP contribution in [0.15, 0.2) is 170 Å². The van der Waals surface area contributed by atoms with E-state index < -0.39 is 0 Å². The maximum Gasteiger partial charge on any atom is 0.133 e. The van der Waals surface area contributed by atoms with E-state index in [4.69, 9.17) is 5.73 Å². The first kappa shape index (κ1) is 30.3. The first-order valence-corrected chi connectivity index (χ1v) is 18.0. The Balaban J connectivity index is 1.34. The number of benzene rings is 7. The minimum atomic E-state index is -0.123. The maximum atomic E-state index is 7.48. The summed E-state index contributed by atoms with van der Waals surface area (Å²) in [6, 6.07) is 61.1. The smallest absolute Gasteiger partial charge is 0.133 e. The molecule has 1 aliphatic carbocycles. The van der Waals surface area contributed by atoms with E-state index in [2.05, 4.69) is 198 Å². The zero-order valence-corrected chi connectivity index (χ0v) is 29.3. The Morgan fingerprint density at radius 2 is 1.19 bits per heavy atom. The molecular formula is C48H38N4. The Bertz CT molecular complexity index is 2790. The number of nitrogen functional groups attached to an aromatic ring is 1. The highest BCUT2D eigenvalue weighted by molar-refractivity contribution is 6.24. The van der Waals surface area contributed by atoms with Crippen molar-refractivity contribution < 1.29 is 0 Å². The average Bonchev–Trinajstić information content (AvgIpc) is 3.77. The Kier molecular flexibility index (Phi) is 6.71. The fourth-order valence-electron chi connectivity index (χ4n) is 8.73. The molecule has 2 N–H and O–H groups in total. The Hall–Kier alpha value is -6.52. The second kappa shape index (κ2) is 11.5. The van der Waals surface area contributed by atoms with Crippen molar-refractivity contribution in [2.24, 2.45) is 0 Å². The van der Waals surface area contributed by atoms with Crippen molar-refractivity contribution >= 4 is 49.9 Å². The molecule has 0 radical (unpaired) electrons. The molecule has 9 aromatic rings. The highest BCUT2D eigenvalue weighted by Crippen LogP contribution is 2.51. The normalized spacial score (nSPS) is 13.1. The summed E-state index contributed by atoms with van der Waals surface area (Å²) < 4.78 is 4.71. The number of fused-ring (bicyclic) bond motifs is 8. The summed E-state index contributed by atoms with van der Waals surface area (Å²) in [5.41, 5.74) is 21.6. The van der Waals surface area contributed by atoms with Gasteiger partial charge < -0.3 is 15.2 Å². The SMILES string of the molecule is CC1(C)c2ccccc2-c2ccc(-n3c4ccccc4c4ccc5c(c(N(Cc6ccccc6)c6ccccc6)c(N)n5-c5ccccc5)c43)cc21. The van der Waals surface area contributed by atoms with Crippen LogP contribution in [0.2, 0.25) is 0 Å². The first-order valence-electron chi connectivity index (χ1n) is 18.0. The first-order chi connectivity index (χ1) is 25.5. The molecule has 4 nitrogen and oxygen atoms in total. The molecule has 0 bridgehead atoms. The third-order valence-electron chi connectivity index (χ3n) is 11.1. The van der Waals surface area contributed by atoms with Crippen molar-refractivity contribution in [2.45, 2.75) is 25.8 Å². The fourth-order valence-corrected chi connectivity index (χ4v) is 8.73. The van der Waals surface area contributed by atoms with Gasteiger partial charge in [0.1, 0.15) is 5.82 Å². The quantitative estimate of drug-likeness (QED) is 0.191. The molecule has 4 heteroatoms. The number of anilines is 3. The summed E-state index contributed by atoms with van der Waals surface area (Å²) in [5.74, 6) is 0.704. The van der Waals surface area contributed by atoms with Gasteiger partial charge in [0.25, 0.3) is 0 Å². The molecule has 0 aliphatic heterocycles. The van der Waals surface area contributed by atoms with Crippen LogP contribution in [0.25, 0.3) is 55.2 Å². The molecule has 52 heavy (non-hydrogen) atoms. The van der Waals surface area contributed by atoms with Crippen molar-refractivity contribution in [3.05, 3.63) is 187 Å². The van der Waals surface area contributed by atoms with E-state index in [1.165, 1.54) is 44.1 Å². The summed E-state index contributed by atoms with van der Waals surface area (Å²) >= 11 is 0. The van der Waals surface area contributed by atoms with Crippen LogP contribution in [-0.2, 0) is 12.0 Å². The van der Waals surface area contributed by atoms with E-state index in [-0.39, 0.29) is 5.41 Å². The van der Waals surface area contributed by atoms with E-state index >= 15 is 0 Å². The molecule has 0 atom stereocenters. The van der Waals surface area contributed by atoms with Crippen molar-refractivity contribution in [2.75, 3.05) is 10.6 Å². The van der Waals surface area contributed by atoms with Crippen molar-refractivity contribution in [1.82, 2.24) is 9.13 Å². The number of nitrogens with zero attached hydrogens (tertiary/aromatic N) is 3. The van der Waals surface area contributed by atoms with Crippen LogP contribution in [0.1, 0.15) is 30.5 Å². The molecule has 250 valence electrons. The lowest BCUT2D eigenvalue weighted by atomic mass is 9.82. The van der Waals surface area contributed by atoms with Crippen LogP contribution in [0.3, 0.4) is 0 Å². The van der Waals surface area contributed by atoms with E-state index in [0.29, 0.717) is 12.4 Å². The van der Waals surface area contributed by atoms with E-state index in [1.54, 1.807) is 0 Å². The summed E-state index contributed by atoms with van der Waals surface area (Å²) in [6.45, 7) is 5.36. The zero-order chi connectivity index (χ0) is 35.0. The highest BCUT2D eigenvalue weighted by atomic mass is 15.2. The van der Waals surface area contributed by atoms with Crippen LogP contribution in [0.5, 0.6) is 0 Å². The second-order valence-corrected chi connectivity index (χ2v) is 14.4. The van der Waals surface area contributed by atoms with Gasteiger partial charge in [-0.3, -0.25) is 4.57 Å². The predicted octanol–water partition coefficient (Wildman–Crippen LogP) is 12.0. The molecule has 0 saturated carbocycles. The minimum absolute atomic E-state index is 0.123. The Morgan fingerprint density at radius 3 is 1.98 bits per heavy atom. The predicted molar refractivity (Wildman–Crippen MR) is 218 cm³/mol. The third kappa shape index (κ3) is 4.40. The molecule has 7 aromatic carbocycles. The van der Waals surface area contributed by atoms with Gasteiger partial charge in [-0.15, -0.1) is 0 Å². The molecule has 10 rings (SSSR count). The number of rotatable bonds is 6. The summed E-state index contributed by atoms with van der Waals surface area (Å²) in [5, 5.41) is 3.54. The number of nitrogens with two attached hydrogens (primary N) is 1. The van der Waals surface area contributed by atoms with Crippen molar-refractivity contribution in [3.8, 4) is 22.5 Å². The van der Waals surface area contributed by atoms with E-state index in [1.807, 2.05) is 0 Å². The van der Waals surface area contributed by atoms with Crippen LogP contribution in [0, 0.1) is 0 Å². The van der Waals surface area contributed by atoms with Gasteiger partial charge in [0.05, 0.1) is 27.6 Å². The van der Waals surface area contributed by atoms with Gasteiger partial charge in [-0.2, -0.15) is 0 Å². The van der Waals surface area contributed by atoms with Gasteiger partial charge in [-0.25, -0.2) is 0 Å². The molecule has 0 amide bonds. The van der Waals surface area contributed by atoms with E-state index in [9.17, 15) is 0 Å². The largest absolute Gasteiger partial charge is 0.383 e. The molecule has 1 aliphatic rings. The van der Waals surface area contributed by atoms with Crippen LogP contribution in [0.4, 0.5) is 17.2 Å². The second-order valence-electron chi connectivity index (χ2n) is 14.4. The number of aromatic nitrogens is 2. The molecule has 2 heterocycles. The summed E-state index contributed by atoms with van der Waals surface area (Å²) in [7, 11) is 0. The summed E-state index contributed by atoms with van der Waals surface area (Å²) in [4.78, 5) is 2.40. The summed E-state index contributed by atoms with van der Waals surface area (Å²) in [6.07, 6.45) is 0. The Labute approximate surface area is 303 Å². The molecule has 0 saturated heterocycles. The molecule has 0 spiro atoms. The maximum absolute atomic E-state index is 7.48. The molecular weight excluding hydrogens is 633 g/mol. The number of hydrogen-bond donors (Lipinski definition) is 1. The monoisotopic (exact) mass is 670 g/mol. The lowest BCUT2D eigenvalue weighted by Crippen LogP contribution is -2.18. The molecule has 0 unspecified atom stereocenters. The average molecular weight is 671 g/mol. The van der Waals surface area contributed by atoms with Crippen molar-refractivity contribution in [1.29, 1.82) is 0 Å². The number of hydrogen-bond acceptors (Lipinski definition) is 2. The standard InChI is InChI=1S/C48H38N4/c1-48(2)40-24-14-12-22-36(40)37-27-26-35(30-41(37)48)51-42-25-15-13-23-38(42)39-28-29-43-44(45(39)51)46(47(49)52(43)34-20-10-5-11-21-34)50(33-18-8-4-9-19-33)31-32-16-6-3-7-17-32/h3-30H,31,49H2,1-2H3. The highest BCUT2D eigenvalue weighted by Gasteiger charge is 2.36. The zero-order valence-electron chi connectivity index (χ0n) is 29.3. The molecule has 2 aromatic heterocycles. The van der Waals surface area contributed by atoms with Gasteiger partial charge in [0, 0.05) is 39.8 Å². The van der Waals surface area contributed by atoms with Gasteiger partial charge in [0.2, 0.25) is 0 Å². The van der Waals surface area contributed by atoms with Crippen LogP contribution >= 0.6 is 0 Å². The van der Waals surface area contributed by atoms with Gasteiger partial charge >= 0.3 is 0 Å². The van der Waals surface area contributed by atoms with E-state index in [0.717, 1.165) is 39.2 Å². The van der Waals surface area contributed by atoms with Crippen LogP contribution < -0.4 is 10.6 Å². The lowest BCUT2D eigenvalue weighted by molar-refractivity contribution is 0.660. The fraction of sp³-hybridized carbons (Fsp3) is 0.0833. The van der Waals surface area contributed by atoms with Gasteiger partial charge in [-0.05, 0) is 76.3 Å². The Morgan fingerprint density at radius 1 is 0.538 bits per heavy atom.